The molecule has 0 radical (unpaired) electrons. The minimum absolute atomic E-state index is 0.347. The Morgan fingerprint density at radius 2 is 1.97 bits per heavy atom. The molecule has 1 amide bonds. The summed E-state index contributed by atoms with van der Waals surface area (Å²) in [5.74, 6) is 0.346. The first-order chi connectivity index (χ1) is 14.0. The van der Waals surface area contributed by atoms with Crippen molar-refractivity contribution in [3.8, 4) is 17.1 Å². The number of fused-ring (bicyclic) bond motifs is 1. The summed E-state index contributed by atoms with van der Waals surface area (Å²) in [4.78, 5) is 25.1. The Balaban J connectivity index is 1.74. The maximum Gasteiger partial charge on any atom is 0.248 e. The van der Waals surface area contributed by atoms with Gasteiger partial charge in [0, 0.05) is 38.9 Å². The zero-order valence-electron chi connectivity index (χ0n) is 15.4. The van der Waals surface area contributed by atoms with E-state index in [-0.39, 0.29) is 0 Å². The maximum absolute atomic E-state index is 11.8. The number of halogens is 1. The largest absolute Gasteiger partial charge is 0.481 e. The summed E-state index contributed by atoms with van der Waals surface area (Å²) < 4.78 is 6.14. The molecule has 8 heteroatoms. The molecule has 0 aliphatic carbocycles. The number of carbonyl (C=O) groups is 1. The lowest BCUT2D eigenvalue weighted by Crippen LogP contribution is -2.11. The van der Waals surface area contributed by atoms with Gasteiger partial charge in [-0.15, -0.1) is 0 Å². The zero-order chi connectivity index (χ0) is 20.4. The third-order valence-electron chi connectivity index (χ3n) is 4.24. The third-order valence-corrected chi connectivity index (χ3v) is 4.74. The van der Waals surface area contributed by atoms with Crippen LogP contribution in [0.3, 0.4) is 0 Å². The van der Waals surface area contributed by atoms with Crippen molar-refractivity contribution in [3.63, 3.8) is 0 Å². The van der Waals surface area contributed by atoms with Crippen molar-refractivity contribution < 1.29 is 9.53 Å². The van der Waals surface area contributed by atoms with Crippen LogP contribution in [0.15, 0.2) is 65.3 Å². The molecule has 0 fully saturated rings. The predicted octanol–water partition coefficient (Wildman–Crippen LogP) is 4.31. The number of primary amides is 1. The van der Waals surface area contributed by atoms with E-state index in [9.17, 15) is 4.79 Å². The number of pyridine rings is 1. The number of methoxy groups -OCH3 is 1. The van der Waals surface area contributed by atoms with Crippen molar-refractivity contribution in [3.05, 3.63) is 70.8 Å². The first-order valence-electron chi connectivity index (χ1n) is 8.67. The van der Waals surface area contributed by atoms with Gasteiger partial charge in [0.15, 0.2) is 0 Å². The van der Waals surface area contributed by atoms with Crippen LogP contribution in [-0.4, -0.2) is 28.0 Å². The Kier molecular flexibility index (Phi) is 5.09. The average molecular weight is 450 g/mol. The number of nitrogens with two attached hydrogens (primary N) is 1. The molecule has 0 aliphatic rings. The molecule has 4 rings (SSSR count). The van der Waals surface area contributed by atoms with Gasteiger partial charge in [0.2, 0.25) is 17.7 Å². The molecule has 0 saturated carbocycles. The second-order valence-electron chi connectivity index (χ2n) is 6.25. The number of nitrogens with zero attached hydrogens (tertiary/aromatic N) is 3. The smallest absolute Gasteiger partial charge is 0.248 e. The fourth-order valence-electron chi connectivity index (χ4n) is 2.87. The molecule has 0 bridgehead atoms. The molecule has 3 N–H and O–H groups in total. The van der Waals surface area contributed by atoms with E-state index in [0.717, 1.165) is 15.4 Å². The van der Waals surface area contributed by atoms with E-state index >= 15 is 0 Å². The molecule has 0 spiro atoms. The number of amides is 1. The summed E-state index contributed by atoms with van der Waals surface area (Å²) in [7, 11) is 1.55. The van der Waals surface area contributed by atoms with Crippen LogP contribution in [0.25, 0.3) is 22.2 Å². The fraction of sp³-hybridized carbons (Fsp3) is 0.0476. The quantitative estimate of drug-likeness (QED) is 0.470. The van der Waals surface area contributed by atoms with E-state index in [1.165, 1.54) is 0 Å². The van der Waals surface area contributed by atoms with Gasteiger partial charge < -0.3 is 15.8 Å². The lowest BCUT2D eigenvalue weighted by atomic mass is 10.1. The van der Waals surface area contributed by atoms with Crippen molar-refractivity contribution >= 4 is 44.4 Å². The second-order valence-corrected chi connectivity index (χ2v) is 7.17. The maximum atomic E-state index is 11.8. The van der Waals surface area contributed by atoms with E-state index < -0.39 is 5.91 Å². The highest BCUT2D eigenvalue weighted by Crippen LogP contribution is 2.27. The molecule has 2 aromatic heterocycles. The van der Waals surface area contributed by atoms with Crippen LogP contribution in [-0.2, 0) is 0 Å². The number of nitrogens with one attached hydrogen (secondary N) is 1. The van der Waals surface area contributed by atoms with E-state index in [4.69, 9.17) is 10.5 Å². The van der Waals surface area contributed by atoms with Crippen LogP contribution >= 0.6 is 15.9 Å². The number of carbonyl (C=O) groups excluding carboxylic acids is 1. The zero-order valence-corrected chi connectivity index (χ0v) is 17.0. The number of hydrogen-bond acceptors (Lipinski definition) is 6. The molecular formula is C21H16BrN5O2. The minimum atomic E-state index is -0.540. The highest BCUT2D eigenvalue weighted by atomic mass is 79.9. The SMILES string of the molecule is COc1cccc(-c2cc(Nc3ncc4cc(Br)ccc4n3)cc(C(N)=O)c2)n1. The highest BCUT2D eigenvalue weighted by Gasteiger charge is 2.10. The van der Waals surface area contributed by atoms with Crippen molar-refractivity contribution in [1.29, 1.82) is 0 Å². The standard InChI is InChI=1S/C21H16BrN5O2/c1-29-19-4-2-3-17(26-19)12-7-13(20(23)28)10-16(9-12)25-21-24-11-14-8-15(22)5-6-18(14)27-21/h2-11H,1H3,(H2,23,28)(H,24,25,27). The molecule has 0 saturated heterocycles. The Bertz CT molecular complexity index is 1230. The summed E-state index contributed by atoms with van der Waals surface area (Å²) >= 11 is 3.44. The van der Waals surface area contributed by atoms with Crippen molar-refractivity contribution in [2.75, 3.05) is 12.4 Å². The molecule has 144 valence electrons. The van der Waals surface area contributed by atoms with Gasteiger partial charge in [-0.25, -0.2) is 15.0 Å². The van der Waals surface area contributed by atoms with Gasteiger partial charge in [0.25, 0.3) is 0 Å². The van der Waals surface area contributed by atoms with Crippen molar-refractivity contribution in [1.82, 2.24) is 15.0 Å². The van der Waals surface area contributed by atoms with Gasteiger partial charge in [-0.05, 0) is 42.5 Å². The first-order valence-corrected chi connectivity index (χ1v) is 9.47. The normalized spacial score (nSPS) is 10.7. The van der Waals surface area contributed by atoms with Gasteiger partial charge in [0.1, 0.15) is 0 Å². The minimum Gasteiger partial charge on any atom is -0.481 e. The highest BCUT2D eigenvalue weighted by molar-refractivity contribution is 9.10. The van der Waals surface area contributed by atoms with Crippen LogP contribution in [0.1, 0.15) is 10.4 Å². The van der Waals surface area contributed by atoms with E-state index in [0.29, 0.717) is 34.3 Å². The Labute approximate surface area is 175 Å². The van der Waals surface area contributed by atoms with Crippen LogP contribution in [0, 0.1) is 0 Å². The summed E-state index contributed by atoms with van der Waals surface area (Å²) in [6.07, 6.45) is 1.73. The number of rotatable bonds is 5. The molecule has 29 heavy (non-hydrogen) atoms. The lowest BCUT2D eigenvalue weighted by molar-refractivity contribution is 0.100. The van der Waals surface area contributed by atoms with Gasteiger partial charge in [0.05, 0.1) is 18.3 Å². The second kappa shape index (κ2) is 7.84. The Morgan fingerprint density at radius 3 is 2.76 bits per heavy atom. The molecule has 2 aromatic carbocycles. The predicted molar refractivity (Wildman–Crippen MR) is 115 cm³/mol. The molecule has 0 atom stereocenters. The fourth-order valence-corrected chi connectivity index (χ4v) is 3.25. The summed E-state index contributed by atoms with van der Waals surface area (Å²) in [5, 5.41) is 4.06. The Hall–Kier alpha value is -3.52. The molecule has 2 heterocycles. The molecular weight excluding hydrogens is 434 g/mol. The molecule has 7 nitrogen and oxygen atoms in total. The van der Waals surface area contributed by atoms with E-state index in [1.54, 1.807) is 31.5 Å². The number of aromatic nitrogens is 3. The number of anilines is 2. The molecule has 4 aromatic rings. The Morgan fingerprint density at radius 1 is 1.10 bits per heavy atom. The topological polar surface area (TPSA) is 103 Å². The van der Waals surface area contributed by atoms with Gasteiger partial charge in [-0.2, -0.15) is 0 Å². The van der Waals surface area contributed by atoms with Crippen molar-refractivity contribution in [2.24, 2.45) is 5.73 Å². The van der Waals surface area contributed by atoms with Crippen molar-refractivity contribution in [2.45, 2.75) is 0 Å². The summed E-state index contributed by atoms with van der Waals surface area (Å²) in [5.41, 5.74) is 8.65. The van der Waals surface area contributed by atoms with Gasteiger partial charge in [-0.3, -0.25) is 4.79 Å². The van der Waals surface area contributed by atoms with Crippen LogP contribution in [0.4, 0.5) is 11.6 Å². The lowest BCUT2D eigenvalue weighted by Gasteiger charge is -2.11. The number of hydrogen-bond donors (Lipinski definition) is 2. The average Bonchev–Trinajstić information content (AvgIpc) is 2.73. The number of ether oxygens (including phenoxy) is 1. The van der Waals surface area contributed by atoms with Crippen LogP contribution in [0.2, 0.25) is 0 Å². The number of benzene rings is 2. The summed E-state index contributed by atoms with van der Waals surface area (Å²) in [6.45, 7) is 0. The van der Waals surface area contributed by atoms with Gasteiger partial charge in [-0.1, -0.05) is 22.0 Å². The van der Waals surface area contributed by atoms with E-state index in [1.807, 2.05) is 36.4 Å². The van der Waals surface area contributed by atoms with Crippen LogP contribution < -0.4 is 15.8 Å². The summed E-state index contributed by atoms with van der Waals surface area (Å²) in [6, 6.07) is 16.4. The van der Waals surface area contributed by atoms with E-state index in [2.05, 4.69) is 36.2 Å². The first kappa shape index (κ1) is 18.8. The molecule has 0 aliphatic heterocycles. The third kappa shape index (κ3) is 4.17. The molecule has 0 unspecified atom stereocenters. The van der Waals surface area contributed by atoms with Crippen LogP contribution in [0.5, 0.6) is 5.88 Å². The van der Waals surface area contributed by atoms with Gasteiger partial charge >= 0.3 is 0 Å². The monoisotopic (exact) mass is 449 g/mol.